The van der Waals surface area contributed by atoms with E-state index in [1.54, 1.807) is 0 Å². The fourth-order valence-electron chi connectivity index (χ4n) is 2.11. The lowest BCUT2D eigenvalue weighted by Crippen LogP contribution is -2.41. The first-order chi connectivity index (χ1) is 9.32. The summed E-state index contributed by atoms with van der Waals surface area (Å²) >= 11 is 0.999. The van der Waals surface area contributed by atoms with Crippen molar-refractivity contribution in [1.29, 1.82) is 0 Å². The molecule has 1 aromatic rings. The Morgan fingerprint density at radius 1 is 1.25 bits per heavy atom. The average Bonchev–Trinajstić information content (AvgIpc) is 2.89. The zero-order valence-electron chi connectivity index (χ0n) is 10.6. The van der Waals surface area contributed by atoms with E-state index in [-0.39, 0.29) is 28.8 Å². The van der Waals surface area contributed by atoms with E-state index in [4.69, 9.17) is 11.5 Å². The summed E-state index contributed by atoms with van der Waals surface area (Å²) in [6.07, 6.45) is 0.836. The van der Waals surface area contributed by atoms with Crippen molar-refractivity contribution in [2.75, 3.05) is 13.1 Å². The summed E-state index contributed by atoms with van der Waals surface area (Å²) in [6, 6.07) is 1.28. The fraction of sp³-hybridized carbons (Fsp3) is 0.455. The molecule has 2 amide bonds. The molecule has 1 aromatic heterocycles. The molecule has 7 nitrogen and oxygen atoms in total. The highest BCUT2D eigenvalue weighted by Crippen LogP contribution is 2.26. The summed E-state index contributed by atoms with van der Waals surface area (Å²) in [7, 11) is -3.64. The van der Waals surface area contributed by atoms with Crippen molar-refractivity contribution in [2.45, 2.75) is 17.7 Å². The second kappa shape index (κ2) is 5.51. The van der Waals surface area contributed by atoms with E-state index in [0.717, 1.165) is 11.3 Å². The second-order valence-electron chi connectivity index (χ2n) is 4.59. The third-order valence-corrected chi connectivity index (χ3v) is 6.28. The Hall–Kier alpha value is -1.45. The van der Waals surface area contributed by atoms with Gasteiger partial charge in [-0.1, -0.05) is 0 Å². The molecule has 1 aliphatic heterocycles. The van der Waals surface area contributed by atoms with Crippen molar-refractivity contribution in [3.63, 3.8) is 0 Å². The van der Waals surface area contributed by atoms with E-state index in [9.17, 15) is 18.0 Å². The van der Waals surface area contributed by atoms with Crippen LogP contribution in [0, 0.1) is 5.92 Å². The van der Waals surface area contributed by atoms with Crippen LogP contribution in [-0.4, -0.2) is 37.6 Å². The molecule has 0 aromatic carbocycles. The topological polar surface area (TPSA) is 124 Å². The van der Waals surface area contributed by atoms with E-state index >= 15 is 0 Å². The average molecular weight is 317 g/mol. The summed E-state index contributed by atoms with van der Waals surface area (Å²) in [5, 5.41) is 1.40. The third kappa shape index (κ3) is 2.84. The molecule has 0 saturated carbocycles. The van der Waals surface area contributed by atoms with Gasteiger partial charge in [-0.3, -0.25) is 9.59 Å². The summed E-state index contributed by atoms with van der Waals surface area (Å²) in [5.74, 6) is -1.32. The lowest BCUT2D eigenvalue weighted by atomic mass is 9.98. The highest BCUT2D eigenvalue weighted by molar-refractivity contribution is 7.89. The number of rotatable bonds is 4. The maximum absolute atomic E-state index is 12.4. The Balaban J connectivity index is 2.15. The fourth-order valence-corrected chi connectivity index (χ4v) is 4.70. The van der Waals surface area contributed by atoms with E-state index in [1.807, 2.05) is 0 Å². The minimum absolute atomic E-state index is 0.0637. The zero-order valence-corrected chi connectivity index (χ0v) is 12.2. The highest BCUT2D eigenvalue weighted by Gasteiger charge is 2.32. The Morgan fingerprint density at radius 2 is 1.85 bits per heavy atom. The molecular weight excluding hydrogens is 302 g/mol. The molecule has 2 rings (SSSR count). The number of carbonyl (C=O) groups is 2. The summed E-state index contributed by atoms with van der Waals surface area (Å²) in [4.78, 5) is 22.3. The number of piperidine rings is 1. The van der Waals surface area contributed by atoms with Crippen LogP contribution in [0.25, 0.3) is 0 Å². The highest BCUT2D eigenvalue weighted by atomic mass is 32.2. The summed E-state index contributed by atoms with van der Waals surface area (Å²) < 4.78 is 26.0. The molecule has 0 aliphatic carbocycles. The van der Waals surface area contributed by atoms with Gasteiger partial charge in [-0.2, -0.15) is 4.31 Å². The number of hydrogen-bond acceptors (Lipinski definition) is 5. The van der Waals surface area contributed by atoms with Crippen molar-refractivity contribution >= 4 is 33.2 Å². The van der Waals surface area contributed by atoms with Crippen molar-refractivity contribution in [3.8, 4) is 0 Å². The quantitative estimate of drug-likeness (QED) is 0.793. The van der Waals surface area contributed by atoms with Gasteiger partial charge in [-0.25, -0.2) is 8.42 Å². The van der Waals surface area contributed by atoms with Gasteiger partial charge in [0.15, 0.2) is 0 Å². The van der Waals surface area contributed by atoms with Crippen molar-refractivity contribution in [1.82, 2.24) is 4.31 Å². The standard InChI is InChI=1S/C11H15N3O4S2/c12-10(15)7-1-3-14(4-2-7)20(17,18)8-5-9(11(13)16)19-6-8/h5-7H,1-4H2,(H2,12,15)(H2,13,16). The van der Waals surface area contributed by atoms with E-state index in [2.05, 4.69) is 0 Å². The third-order valence-electron chi connectivity index (χ3n) is 3.31. The molecule has 1 fully saturated rings. The van der Waals surface area contributed by atoms with Gasteiger partial charge < -0.3 is 11.5 Å². The first-order valence-electron chi connectivity index (χ1n) is 6.00. The molecule has 0 bridgehead atoms. The molecule has 9 heteroatoms. The summed E-state index contributed by atoms with van der Waals surface area (Å²) in [6.45, 7) is 0.495. The predicted molar refractivity (Wildman–Crippen MR) is 73.5 cm³/mol. The Morgan fingerprint density at radius 3 is 2.30 bits per heavy atom. The number of hydrogen-bond donors (Lipinski definition) is 2. The van der Waals surface area contributed by atoms with Crippen LogP contribution in [0.3, 0.4) is 0 Å². The number of amides is 2. The van der Waals surface area contributed by atoms with Crippen LogP contribution in [0.5, 0.6) is 0 Å². The lowest BCUT2D eigenvalue weighted by Gasteiger charge is -2.29. The first-order valence-corrected chi connectivity index (χ1v) is 8.32. The van der Waals surface area contributed by atoms with Gasteiger partial charge in [0.25, 0.3) is 5.91 Å². The van der Waals surface area contributed by atoms with Crippen LogP contribution < -0.4 is 11.5 Å². The second-order valence-corrected chi connectivity index (χ2v) is 7.44. The van der Waals surface area contributed by atoms with Crippen molar-refractivity contribution < 1.29 is 18.0 Å². The van der Waals surface area contributed by atoms with Crippen LogP contribution in [-0.2, 0) is 14.8 Å². The smallest absolute Gasteiger partial charge is 0.258 e. The zero-order chi connectivity index (χ0) is 14.9. The van der Waals surface area contributed by atoms with Crippen molar-refractivity contribution in [3.05, 3.63) is 16.3 Å². The predicted octanol–water partition coefficient (Wildman–Crippen LogP) is -0.267. The minimum Gasteiger partial charge on any atom is -0.369 e. The van der Waals surface area contributed by atoms with Gasteiger partial charge in [0, 0.05) is 24.4 Å². The SMILES string of the molecule is NC(=O)c1cc(S(=O)(=O)N2CCC(C(N)=O)CC2)cs1. The molecule has 2 heterocycles. The molecular formula is C11H15N3O4S2. The van der Waals surface area contributed by atoms with E-state index in [1.165, 1.54) is 15.8 Å². The molecule has 4 N–H and O–H groups in total. The molecule has 0 spiro atoms. The van der Waals surface area contributed by atoms with E-state index in [0.29, 0.717) is 12.8 Å². The number of sulfonamides is 1. The molecule has 0 radical (unpaired) electrons. The largest absolute Gasteiger partial charge is 0.369 e. The Labute approximate surface area is 120 Å². The molecule has 1 aliphatic rings. The molecule has 110 valence electrons. The number of nitrogens with two attached hydrogens (primary N) is 2. The maximum Gasteiger partial charge on any atom is 0.258 e. The maximum atomic E-state index is 12.4. The molecule has 1 saturated heterocycles. The molecule has 20 heavy (non-hydrogen) atoms. The summed E-state index contributed by atoms with van der Waals surface area (Å²) in [5.41, 5.74) is 10.3. The Bertz CT molecular complexity index is 630. The van der Waals surface area contributed by atoms with Gasteiger partial charge >= 0.3 is 0 Å². The van der Waals surface area contributed by atoms with Gasteiger partial charge in [-0.05, 0) is 18.9 Å². The van der Waals surface area contributed by atoms with Crippen LogP contribution in [0.2, 0.25) is 0 Å². The van der Waals surface area contributed by atoms with Gasteiger partial charge in [0.1, 0.15) is 0 Å². The van der Waals surface area contributed by atoms with Gasteiger partial charge in [-0.15, -0.1) is 11.3 Å². The normalized spacial score (nSPS) is 18.0. The first kappa shape index (κ1) is 14.9. The van der Waals surface area contributed by atoms with Crippen LogP contribution in [0.15, 0.2) is 16.3 Å². The monoisotopic (exact) mass is 317 g/mol. The molecule has 0 atom stereocenters. The number of nitrogens with zero attached hydrogens (tertiary/aromatic N) is 1. The lowest BCUT2D eigenvalue weighted by molar-refractivity contribution is -0.122. The van der Waals surface area contributed by atoms with Crippen LogP contribution in [0.1, 0.15) is 22.5 Å². The van der Waals surface area contributed by atoms with Gasteiger partial charge in [0.05, 0.1) is 9.77 Å². The van der Waals surface area contributed by atoms with E-state index < -0.39 is 21.8 Å². The minimum atomic E-state index is -3.64. The number of carbonyl (C=O) groups excluding carboxylic acids is 2. The van der Waals surface area contributed by atoms with Gasteiger partial charge in [0.2, 0.25) is 15.9 Å². The van der Waals surface area contributed by atoms with Crippen LogP contribution in [0.4, 0.5) is 0 Å². The number of primary amides is 2. The molecule has 0 unspecified atom stereocenters. The van der Waals surface area contributed by atoms with Crippen LogP contribution >= 0.6 is 11.3 Å². The van der Waals surface area contributed by atoms with Crippen molar-refractivity contribution in [2.24, 2.45) is 17.4 Å². The Kier molecular flexibility index (Phi) is 4.11. The number of thiophene rings is 1.